The second-order valence-corrected chi connectivity index (χ2v) is 5.88. The van der Waals surface area contributed by atoms with Crippen LogP contribution in [-0.2, 0) is 11.2 Å². The molecule has 0 saturated carbocycles. The van der Waals surface area contributed by atoms with Crippen LogP contribution < -0.4 is 5.32 Å². The molecule has 22 heavy (non-hydrogen) atoms. The summed E-state index contributed by atoms with van der Waals surface area (Å²) in [6, 6.07) is 17.2. The Hall–Kier alpha value is -1.84. The van der Waals surface area contributed by atoms with Gasteiger partial charge in [0.2, 0.25) is 5.91 Å². The van der Waals surface area contributed by atoms with Crippen LogP contribution in [0.1, 0.15) is 17.2 Å². The van der Waals surface area contributed by atoms with Crippen LogP contribution in [0.25, 0.3) is 0 Å². The molecular weight excluding hydrogens is 296 g/mol. The zero-order valence-electron chi connectivity index (χ0n) is 12.9. The van der Waals surface area contributed by atoms with Crippen LogP contribution in [0, 0.1) is 0 Å². The lowest BCUT2D eigenvalue weighted by Gasteiger charge is -2.23. The number of benzene rings is 2. The number of nitrogens with one attached hydrogen (secondary N) is 1. The summed E-state index contributed by atoms with van der Waals surface area (Å²) in [5, 5.41) is 3.74. The second-order valence-electron chi connectivity index (χ2n) is 5.44. The van der Waals surface area contributed by atoms with Gasteiger partial charge >= 0.3 is 0 Å². The minimum absolute atomic E-state index is 0.0187. The van der Waals surface area contributed by atoms with Gasteiger partial charge in [0.15, 0.2) is 0 Å². The minimum atomic E-state index is -0.272. The Morgan fingerprint density at radius 3 is 2.32 bits per heavy atom. The van der Waals surface area contributed by atoms with E-state index in [2.05, 4.69) is 5.32 Å². The Kier molecular flexibility index (Phi) is 5.99. The number of carbonyl (C=O) groups is 1. The maximum absolute atomic E-state index is 12.5. The second kappa shape index (κ2) is 7.97. The molecule has 0 aliphatic heterocycles. The van der Waals surface area contributed by atoms with E-state index in [0.29, 0.717) is 6.54 Å². The van der Waals surface area contributed by atoms with Crippen LogP contribution in [0.5, 0.6) is 0 Å². The van der Waals surface area contributed by atoms with Gasteiger partial charge in [0.05, 0.1) is 0 Å². The van der Waals surface area contributed by atoms with E-state index in [1.54, 1.807) is 0 Å². The van der Waals surface area contributed by atoms with Crippen LogP contribution >= 0.6 is 11.6 Å². The summed E-state index contributed by atoms with van der Waals surface area (Å²) in [7, 11) is 3.83. The first kappa shape index (κ1) is 16.5. The maximum Gasteiger partial charge on any atom is 0.241 e. The fraction of sp³-hybridized carbons (Fsp3) is 0.278. The van der Waals surface area contributed by atoms with Crippen molar-refractivity contribution in [1.29, 1.82) is 0 Å². The van der Waals surface area contributed by atoms with Crippen molar-refractivity contribution in [3.63, 3.8) is 0 Å². The number of nitrogens with zero attached hydrogens (tertiary/aromatic N) is 1. The van der Waals surface area contributed by atoms with E-state index in [1.165, 1.54) is 0 Å². The number of likely N-dealkylation sites (N-methyl/N-ethyl adjacent to an activating group) is 1. The summed E-state index contributed by atoms with van der Waals surface area (Å²) < 4.78 is 0. The third-order valence-electron chi connectivity index (χ3n) is 3.51. The normalized spacial score (nSPS) is 12.2. The van der Waals surface area contributed by atoms with Crippen molar-refractivity contribution >= 4 is 17.5 Å². The van der Waals surface area contributed by atoms with E-state index < -0.39 is 0 Å². The SMILES string of the molecule is CN(C)C(C(=O)NCCc1ccc(Cl)cc1)c1ccccc1. The van der Waals surface area contributed by atoms with E-state index in [9.17, 15) is 4.79 Å². The van der Waals surface area contributed by atoms with Gasteiger partial charge in [-0.15, -0.1) is 0 Å². The molecule has 0 saturated heterocycles. The Morgan fingerprint density at radius 1 is 1.09 bits per heavy atom. The van der Waals surface area contributed by atoms with Gasteiger partial charge in [0.25, 0.3) is 0 Å². The molecule has 0 aromatic heterocycles. The highest BCUT2D eigenvalue weighted by molar-refractivity contribution is 6.30. The summed E-state index contributed by atoms with van der Waals surface area (Å²) in [5.74, 6) is 0.0187. The van der Waals surface area contributed by atoms with Crippen LogP contribution in [0.4, 0.5) is 0 Å². The topological polar surface area (TPSA) is 32.3 Å². The van der Waals surface area contributed by atoms with Gasteiger partial charge in [-0.25, -0.2) is 0 Å². The molecule has 0 fully saturated rings. The molecule has 3 nitrogen and oxygen atoms in total. The largest absolute Gasteiger partial charge is 0.354 e. The number of amides is 1. The molecule has 2 aromatic carbocycles. The number of carbonyl (C=O) groups excluding carboxylic acids is 1. The molecule has 0 bridgehead atoms. The molecular formula is C18H21ClN2O. The lowest BCUT2D eigenvalue weighted by Crippen LogP contribution is -2.37. The van der Waals surface area contributed by atoms with E-state index in [-0.39, 0.29) is 11.9 Å². The van der Waals surface area contributed by atoms with Crippen molar-refractivity contribution in [3.05, 3.63) is 70.7 Å². The zero-order valence-corrected chi connectivity index (χ0v) is 13.7. The molecule has 0 radical (unpaired) electrons. The average molecular weight is 317 g/mol. The first-order chi connectivity index (χ1) is 10.6. The smallest absolute Gasteiger partial charge is 0.241 e. The van der Waals surface area contributed by atoms with Gasteiger partial charge in [-0.3, -0.25) is 9.69 Å². The quantitative estimate of drug-likeness (QED) is 0.887. The summed E-state index contributed by atoms with van der Waals surface area (Å²) in [6.07, 6.45) is 0.790. The first-order valence-corrected chi connectivity index (χ1v) is 7.69. The number of rotatable bonds is 6. The van der Waals surface area contributed by atoms with Gasteiger partial charge in [-0.05, 0) is 43.8 Å². The highest BCUT2D eigenvalue weighted by atomic mass is 35.5. The van der Waals surface area contributed by atoms with E-state index >= 15 is 0 Å². The maximum atomic E-state index is 12.5. The van der Waals surface area contributed by atoms with E-state index in [0.717, 1.165) is 22.6 Å². The van der Waals surface area contributed by atoms with Gasteiger partial charge in [-0.1, -0.05) is 54.1 Å². The highest BCUT2D eigenvalue weighted by Crippen LogP contribution is 2.18. The predicted molar refractivity (Wildman–Crippen MR) is 91.0 cm³/mol. The van der Waals surface area contributed by atoms with Crippen molar-refractivity contribution < 1.29 is 4.79 Å². The summed E-state index contributed by atoms with van der Waals surface area (Å²) in [6.45, 7) is 0.609. The predicted octanol–water partition coefficient (Wildman–Crippen LogP) is 3.30. The zero-order chi connectivity index (χ0) is 15.9. The third kappa shape index (κ3) is 4.58. The van der Waals surface area contributed by atoms with Gasteiger partial charge in [-0.2, -0.15) is 0 Å². The Bertz CT molecular complexity index is 596. The number of hydrogen-bond acceptors (Lipinski definition) is 2. The lowest BCUT2D eigenvalue weighted by atomic mass is 10.1. The van der Waals surface area contributed by atoms with Crippen molar-refractivity contribution in [1.82, 2.24) is 10.2 Å². The van der Waals surface area contributed by atoms with E-state index in [4.69, 9.17) is 11.6 Å². The fourth-order valence-electron chi connectivity index (χ4n) is 2.40. The monoisotopic (exact) mass is 316 g/mol. The summed E-state index contributed by atoms with van der Waals surface area (Å²) in [4.78, 5) is 14.4. The number of hydrogen-bond donors (Lipinski definition) is 1. The van der Waals surface area contributed by atoms with E-state index in [1.807, 2.05) is 73.6 Å². The van der Waals surface area contributed by atoms with Crippen LogP contribution in [0.3, 0.4) is 0 Å². The number of halogens is 1. The Labute approximate surface area is 136 Å². The third-order valence-corrected chi connectivity index (χ3v) is 3.76. The lowest BCUT2D eigenvalue weighted by molar-refractivity contribution is -0.125. The molecule has 1 unspecified atom stereocenters. The van der Waals surface area contributed by atoms with Crippen LogP contribution in [0.15, 0.2) is 54.6 Å². The summed E-state index contributed by atoms with van der Waals surface area (Å²) in [5.41, 5.74) is 2.15. The minimum Gasteiger partial charge on any atom is -0.354 e. The standard InChI is InChI=1S/C18H21ClN2O/c1-21(2)17(15-6-4-3-5-7-15)18(22)20-13-12-14-8-10-16(19)11-9-14/h3-11,17H,12-13H2,1-2H3,(H,20,22). The highest BCUT2D eigenvalue weighted by Gasteiger charge is 2.21. The molecule has 116 valence electrons. The van der Waals surface area contributed by atoms with Gasteiger partial charge in [0, 0.05) is 11.6 Å². The fourth-order valence-corrected chi connectivity index (χ4v) is 2.52. The molecule has 0 spiro atoms. The molecule has 0 aliphatic carbocycles. The van der Waals surface area contributed by atoms with Crippen LogP contribution in [0.2, 0.25) is 5.02 Å². The molecule has 1 atom stereocenters. The average Bonchev–Trinajstić information content (AvgIpc) is 2.50. The first-order valence-electron chi connectivity index (χ1n) is 7.31. The van der Waals surface area contributed by atoms with Crippen molar-refractivity contribution in [2.24, 2.45) is 0 Å². The van der Waals surface area contributed by atoms with Gasteiger partial charge in [0.1, 0.15) is 6.04 Å². The summed E-state index contributed by atoms with van der Waals surface area (Å²) >= 11 is 5.87. The van der Waals surface area contributed by atoms with Crippen LogP contribution in [-0.4, -0.2) is 31.4 Å². The Morgan fingerprint density at radius 2 is 1.73 bits per heavy atom. The molecule has 0 heterocycles. The molecule has 1 amide bonds. The molecule has 2 aromatic rings. The molecule has 0 aliphatic rings. The molecule has 2 rings (SSSR count). The Balaban J connectivity index is 1.93. The van der Waals surface area contributed by atoms with Crippen molar-refractivity contribution in [3.8, 4) is 0 Å². The molecule has 4 heteroatoms. The van der Waals surface area contributed by atoms with Crippen molar-refractivity contribution in [2.75, 3.05) is 20.6 Å². The molecule has 1 N–H and O–H groups in total. The van der Waals surface area contributed by atoms with Crippen molar-refractivity contribution in [2.45, 2.75) is 12.5 Å². The van der Waals surface area contributed by atoms with Gasteiger partial charge < -0.3 is 5.32 Å².